The first-order chi connectivity index (χ1) is 9.60. The molecule has 1 rings (SSSR count). The Bertz CT molecular complexity index is 552. The zero-order chi connectivity index (χ0) is 15.0. The van der Waals surface area contributed by atoms with E-state index in [0.29, 0.717) is 16.5 Å². The van der Waals surface area contributed by atoms with E-state index in [0.717, 1.165) is 5.56 Å². The topological polar surface area (TPSA) is 86.5 Å². The highest BCUT2D eigenvalue weighted by Crippen LogP contribution is 2.24. The van der Waals surface area contributed by atoms with E-state index in [4.69, 9.17) is 10.00 Å². The summed E-state index contributed by atoms with van der Waals surface area (Å²) in [5, 5.41) is 14.3. The number of hydrogen-bond acceptors (Lipinski definition) is 5. The van der Waals surface area contributed by atoms with Gasteiger partial charge in [-0.15, -0.1) is 0 Å². The van der Waals surface area contributed by atoms with Crippen LogP contribution < -0.4 is 10.6 Å². The maximum absolute atomic E-state index is 11.5. The third-order valence-electron chi connectivity index (χ3n) is 2.35. The molecule has 7 heteroatoms. The summed E-state index contributed by atoms with van der Waals surface area (Å²) >= 11 is 1.33. The number of carbonyl (C=O) groups excluding carboxylic acids is 1. The van der Waals surface area contributed by atoms with Crippen LogP contribution in [0.3, 0.4) is 0 Å². The molecule has 6 nitrogen and oxygen atoms in total. The van der Waals surface area contributed by atoms with Gasteiger partial charge in [-0.25, -0.2) is 4.99 Å². The van der Waals surface area contributed by atoms with Crippen LogP contribution in [0, 0.1) is 18.4 Å². The van der Waals surface area contributed by atoms with Crippen molar-refractivity contribution in [3.8, 4) is 6.19 Å². The molecule has 0 radical (unpaired) electrons. The number of nitrogens with one attached hydrogen (secondary N) is 2. The number of methoxy groups -OCH3 is 1. The van der Waals surface area contributed by atoms with Crippen LogP contribution in [0.15, 0.2) is 23.2 Å². The molecule has 0 aliphatic rings. The molecule has 0 saturated carbocycles. The predicted molar refractivity (Wildman–Crippen MR) is 81.0 cm³/mol. The SMILES string of the molecule is COCC(=O)Nc1ccc(C)c(N=C(NC#N)SC)c1. The molecule has 0 spiro atoms. The normalized spacial score (nSPS) is 10.8. The second kappa shape index (κ2) is 8.19. The molecule has 2 N–H and O–H groups in total. The Morgan fingerprint density at radius 3 is 2.90 bits per heavy atom. The number of amidine groups is 1. The Morgan fingerprint density at radius 2 is 2.30 bits per heavy atom. The zero-order valence-corrected chi connectivity index (χ0v) is 12.4. The van der Waals surface area contributed by atoms with Gasteiger partial charge in [0.1, 0.15) is 6.61 Å². The Kier molecular flexibility index (Phi) is 6.56. The van der Waals surface area contributed by atoms with Crippen LogP contribution in [0.25, 0.3) is 0 Å². The zero-order valence-electron chi connectivity index (χ0n) is 11.6. The summed E-state index contributed by atoms with van der Waals surface area (Å²) in [7, 11) is 1.46. The third-order valence-corrected chi connectivity index (χ3v) is 2.93. The van der Waals surface area contributed by atoms with Gasteiger partial charge in [0.2, 0.25) is 5.91 Å². The average molecular weight is 292 g/mol. The van der Waals surface area contributed by atoms with Gasteiger partial charge in [-0.1, -0.05) is 17.8 Å². The van der Waals surface area contributed by atoms with E-state index >= 15 is 0 Å². The Hall–Kier alpha value is -2.04. The number of aryl methyl sites for hydroxylation is 1. The third kappa shape index (κ3) is 4.91. The molecule has 0 heterocycles. The quantitative estimate of drug-likeness (QED) is 0.383. The number of ether oxygens (including phenoxy) is 1. The highest BCUT2D eigenvalue weighted by atomic mass is 32.2. The maximum Gasteiger partial charge on any atom is 0.250 e. The van der Waals surface area contributed by atoms with Crippen LogP contribution >= 0.6 is 11.8 Å². The van der Waals surface area contributed by atoms with Gasteiger partial charge >= 0.3 is 0 Å². The van der Waals surface area contributed by atoms with Crippen molar-refractivity contribution in [1.29, 1.82) is 5.26 Å². The number of anilines is 1. The molecule has 0 aromatic heterocycles. The Balaban J connectivity index is 2.97. The van der Waals surface area contributed by atoms with Crippen molar-refractivity contribution < 1.29 is 9.53 Å². The fraction of sp³-hybridized carbons (Fsp3) is 0.308. The molecule has 106 valence electrons. The van der Waals surface area contributed by atoms with Gasteiger partial charge in [0.15, 0.2) is 11.4 Å². The van der Waals surface area contributed by atoms with Gasteiger partial charge in [-0.2, -0.15) is 5.26 Å². The van der Waals surface area contributed by atoms with Crippen molar-refractivity contribution >= 4 is 34.2 Å². The molecule has 0 aliphatic carbocycles. The van der Waals surface area contributed by atoms with Crippen LogP contribution in [0.5, 0.6) is 0 Å². The highest BCUT2D eigenvalue weighted by molar-refractivity contribution is 8.13. The van der Waals surface area contributed by atoms with Gasteiger partial charge in [-0.05, 0) is 30.9 Å². The molecular weight excluding hydrogens is 276 g/mol. The number of rotatable bonds is 4. The lowest BCUT2D eigenvalue weighted by Crippen LogP contribution is -2.17. The molecule has 0 fully saturated rings. The van der Waals surface area contributed by atoms with Crippen molar-refractivity contribution in [2.45, 2.75) is 6.92 Å². The van der Waals surface area contributed by atoms with E-state index in [9.17, 15) is 4.79 Å². The van der Waals surface area contributed by atoms with Crippen LogP contribution in [0.4, 0.5) is 11.4 Å². The van der Waals surface area contributed by atoms with Crippen molar-refractivity contribution in [2.24, 2.45) is 4.99 Å². The summed E-state index contributed by atoms with van der Waals surface area (Å²) in [4.78, 5) is 15.8. The fourth-order valence-electron chi connectivity index (χ4n) is 1.42. The first-order valence-electron chi connectivity index (χ1n) is 5.78. The van der Waals surface area contributed by atoms with Gasteiger partial charge in [0.25, 0.3) is 0 Å². The summed E-state index contributed by atoms with van der Waals surface area (Å²) in [6.07, 6.45) is 3.66. The summed E-state index contributed by atoms with van der Waals surface area (Å²) < 4.78 is 4.75. The number of hydrogen-bond donors (Lipinski definition) is 2. The average Bonchev–Trinajstić information content (AvgIpc) is 2.42. The van der Waals surface area contributed by atoms with Crippen LogP contribution in [0.1, 0.15) is 5.56 Å². The minimum Gasteiger partial charge on any atom is -0.375 e. The Labute approximate surface area is 122 Å². The molecular formula is C13H16N4O2S. The van der Waals surface area contributed by atoms with E-state index in [-0.39, 0.29) is 12.5 Å². The molecule has 0 atom stereocenters. The van der Waals surface area contributed by atoms with Gasteiger partial charge in [0.05, 0.1) is 5.69 Å². The molecule has 0 unspecified atom stereocenters. The first kappa shape index (κ1) is 16.0. The smallest absolute Gasteiger partial charge is 0.250 e. The van der Waals surface area contributed by atoms with Gasteiger partial charge in [0, 0.05) is 12.8 Å². The number of nitrogens with zero attached hydrogens (tertiary/aromatic N) is 2. The van der Waals surface area contributed by atoms with Crippen LogP contribution in [0.2, 0.25) is 0 Å². The minimum absolute atomic E-state index is 0.00146. The lowest BCUT2D eigenvalue weighted by Gasteiger charge is -2.08. The standard InChI is InChI=1S/C13H16N4O2S/c1-9-4-5-10(16-12(18)7-19-2)6-11(9)17-13(20-3)15-8-14/h4-6H,7H2,1-3H3,(H,15,17)(H,16,18). The molecule has 20 heavy (non-hydrogen) atoms. The van der Waals surface area contributed by atoms with Crippen molar-refractivity contribution in [2.75, 3.05) is 25.3 Å². The summed E-state index contributed by atoms with van der Waals surface area (Å²) in [6, 6.07) is 5.39. The van der Waals surface area contributed by atoms with Crippen molar-refractivity contribution in [1.82, 2.24) is 5.32 Å². The number of amides is 1. The van der Waals surface area contributed by atoms with Crippen LogP contribution in [-0.4, -0.2) is 31.0 Å². The molecule has 1 amide bonds. The lowest BCUT2D eigenvalue weighted by atomic mass is 10.2. The predicted octanol–water partition coefficient (Wildman–Crippen LogP) is 2.00. The van der Waals surface area contributed by atoms with E-state index < -0.39 is 0 Å². The van der Waals surface area contributed by atoms with E-state index in [2.05, 4.69) is 15.6 Å². The molecule has 0 bridgehead atoms. The number of carbonyl (C=O) groups is 1. The van der Waals surface area contributed by atoms with E-state index in [1.54, 1.807) is 12.1 Å². The van der Waals surface area contributed by atoms with Gasteiger partial charge < -0.3 is 10.1 Å². The minimum atomic E-state index is -0.230. The van der Waals surface area contributed by atoms with Crippen molar-refractivity contribution in [3.63, 3.8) is 0 Å². The maximum atomic E-state index is 11.5. The molecule has 0 aliphatic heterocycles. The largest absolute Gasteiger partial charge is 0.375 e. The second-order valence-electron chi connectivity index (χ2n) is 3.84. The summed E-state index contributed by atoms with van der Waals surface area (Å²) in [5.41, 5.74) is 2.27. The Morgan fingerprint density at radius 1 is 1.55 bits per heavy atom. The second-order valence-corrected chi connectivity index (χ2v) is 4.64. The fourth-order valence-corrected chi connectivity index (χ4v) is 1.75. The number of benzene rings is 1. The van der Waals surface area contributed by atoms with Crippen LogP contribution in [-0.2, 0) is 9.53 Å². The molecule has 0 saturated heterocycles. The van der Waals surface area contributed by atoms with E-state index in [1.807, 2.05) is 25.4 Å². The highest BCUT2D eigenvalue weighted by Gasteiger charge is 2.05. The first-order valence-corrected chi connectivity index (χ1v) is 7.00. The number of thioether (sulfide) groups is 1. The lowest BCUT2D eigenvalue weighted by molar-refractivity contribution is -0.119. The van der Waals surface area contributed by atoms with Crippen molar-refractivity contribution in [3.05, 3.63) is 23.8 Å². The number of nitriles is 1. The monoisotopic (exact) mass is 292 g/mol. The summed E-state index contributed by atoms with van der Waals surface area (Å²) in [6.45, 7) is 1.91. The summed E-state index contributed by atoms with van der Waals surface area (Å²) in [5.74, 6) is -0.230. The molecule has 1 aromatic carbocycles. The number of aliphatic imine (C=N–C) groups is 1. The molecule has 1 aromatic rings. The van der Waals surface area contributed by atoms with Gasteiger partial charge in [-0.3, -0.25) is 10.1 Å². The van der Waals surface area contributed by atoms with E-state index in [1.165, 1.54) is 18.9 Å².